The zero-order valence-corrected chi connectivity index (χ0v) is 10.6. The van der Waals surface area contributed by atoms with E-state index in [2.05, 4.69) is 18.2 Å². The molecular weight excluding hydrogens is 397 g/mol. The Labute approximate surface area is 88.2 Å². The van der Waals surface area contributed by atoms with Crippen LogP contribution in [0.2, 0.25) is 0 Å². The molecule has 0 amide bonds. The normalized spacial score (nSPS) is 10.6. The maximum atomic E-state index is 5.74. The summed E-state index contributed by atoms with van der Waals surface area (Å²) < 4.78 is 2.52. The molecule has 0 aromatic heterocycles. The van der Waals surface area contributed by atoms with E-state index in [0.717, 1.165) is 0 Å². The van der Waals surface area contributed by atoms with Crippen molar-refractivity contribution in [2.24, 2.45) is 0 Å². The van der Waals surface area contributed by atoms with Crippen LogP contribution in [0.25, 0.3) is 0 Å². The predicted molar refractivity (Wildman–Crippen MR) is 35.5 cm³/mol. The quantitative estimate of drug-likeness (QED) is 0.452. The van der Waals surface area contributed by atoms with E-state index in [9.17, 15) is 0 Å². The Kier molecular flexibility index (Phi) is 4.68. The van der Waals surface area contributed by atoms with Gasteiger partial charge in [-0.25, -0.2) is 0 Å². The molecule has 0 fully saturated rings. The van der Waals surface area contributed by atoms with Gasteiger partial charge in [-0.2, -0.15) is 0 Å². The molecule has 1 aromatic rings. The van der Waals surface area contributed by atoms with E-state index in [0.29, 0.717) is 0 Å². The molecule has 0 unspecified atom stereocenters. The van der Waals surface area contributed by atoms with Crippen molar-refractivity contribution in [2.45, 2.75) is 0 Å². The van der Waals surface area contributed by atoms with Crippen LogP contribution in [0.3, 0.4) is 0 Å². The van der Waals surface area contributed by atoms with Crippen molar-refractivity contribution >= 4 is 17.8 Å². The van der Waals surface area contributed by atoms with Crippen LogP contribution < -0.4 is 40.2 Å². The Balaban J connectivity index is 2.87. The van der Waals surface area contributed by atoms with Gasteiger partial charge in [0.15, 0.2) is 0 Å². The molecular formula is C6H4Cl2I2-2. The Hall–Kier alpha value is 1.26. The number of hydrogen-bond acceptors (Lipinski definition) is 0. The second kappa shape index (κ2) is 5.00. The standard InChI is InChI=1S/C6H4Cl2I2/c7-9-5-2-1-3-6(4-5)10-8/h1-4H/q-2. The molecule has 0 radical (unpaired) electrons. The van der Waals surface area contributed by atoms with Crippen molar-refractivity contribution in [1.82, 2.24) is 0 Å². The van der Waals surface area contributed by atoms with Crippen LogP contribution in [0.5, 0.6) is 0 Å². The van der Waals surface area contributed by atoms with Gasteiger partial charge in [0.1, 0.15) is 0 Å². The fourth-order valence-electron chi connectivity index (χ4n) is 0.549. The van der Waals surface area contributed by atoms with Crippen LogP contribution in [-0.2, 0) is 0 Å². The van der Waals surface area contributed by atoms with Gasteiger partial charge < -0.3 is 0 Å². The number of hydrogen-bond donors (Lipinski definition) is 0. The van der Waals surface area contributed by atoms with Crippen LogP contribution in [-0.4, -0.2) is 0 Å². The van der Waals surface area contributed by atoms with E-state index in [1.165, 1.54) is 7.14 Å². The summed E-state index contributed by atoms with van der Waals surface area (Å²) in [6.45, 7) is 0. The van der Waals surface area contributed by atoms with Gasteiger partial charge in [-0.1, -0.05) is 0 Å². The average molecular weight is 401 g/mol. The van der Waals surface area contributed by atoms with E-state index < -0.39 is 0 Å². The van der Waals surface area contributed by atoms with E-state index in [1.807, 2.05) is 6.07 Å². The van der Waals surface area contributed by atoms with Gasteiger partial charge in [-0.15, -0.1) is 0 Å². The molecule has 58 valence electrons. The molecule has 0 aliphatic carbocycles. The summed E-state index contributed by atoms with van der Waals surface area (Å²) >= 11 is -0.565. The first-order valence-electron chi connectivity index (χ1n) is 2.49. The molecule has 0 heterocycles. The summed E-state index contributed by atoms with van der Waals surface area (Å²) in [4.78, 5) is 0. The Morgan fingerprint density at radius 2 is 1.50 bits per heavy atom. The fraction of sp³-hybridized carbons (Fsp3) is 0. The molecule has 10 heavy (non-hydrogen) atoms. The number of benzene rings is 1. The summed E-state index contributed by atoms with van der Waals surface area (Å²) in [5, 5.41) is 0. The predicted octanol–water partition coefficient (Wildman–Crippen LogP) is -3.49. The second-order valence-corrected chi connectivity index (χ2v) is 6.81. The first-order chi connectivity index (χ1) is 4.86. The zero-order chi connectivity index (χ0) is 7.40. The van der Waals surface area contributed by atoms with Gasteiger partial charge in [-0.05, 0) is 0 Å². The summed E-state index contributed by atoms with van der Waals surface area (Å²) in [5.41, 5.74) is 0. The van der Waals surface area contributed by atoms with E-state index >= 15 is 0 Å². The van der Waals surface area contributed by atoms with Gasteiger partial charge in [-0.3, -0.25) is 0 Å². The maximum absolute atomic E-state index is 5.74. The molecule has 1 rings (SSSR count). The van der Waals surface area contributed by atoms with Gasteiger partial charge >= 0.3 is 89.4 Å². The van der Waals surface area contributed by atoms with Crippen LogP contribution in [0.15, 0.2) is 24.3 Å². The zero-order valence-electron chi connectivity index (χ0n) is 4.82. The Morgan fingerprint density at radius 3 is 1.90 bits per heavy atom. The van der Waals surface area contributed by atoms with Gasteiger partial charge in [0, 0.05) is 0 Å². The molecule has 0 saturated heterocycles. The molecule has 0 spiro atoms. The van der Waals surface area contributed by atoms with Crippen molar-refractivity contribution in [2.75, 3.05) is 0 Å². The van der Waals surface area contributed by atoms with Crippen molar-refractivity contribution in [1.29, 1.82) is 0 Å². The van der Waals surface area contributed by atoms with Crippen molar-refractivity contribution in [3.8, 4) is 0 Å². The molecule has 0 aliphatic heterocycles. The molecule has 0 aliphatic rings. The summed E-state index contributed by atoms with van der Waals surface area (Å²) in [6, 6.07) is 8.25. The number of rotatable bonds is 2. The molecule has 0 atom stereocenters. The Bertz CT molecular complexity index is 195. The first-order valence-corrected chi connectivity index (χ1v) is 10.1. The Morgan fingerprint density at radius 1 is 1.00 bits per heavy atom. The first kappa shape index (κ1) is 9.35. The van der Waals surface area contributed by atoms with Crippen LogP contribution in [0, 0.1) is 7.14 Å². The number of halogens is 4. The fourth-order valence-corrected chi connectivity index (χ4v) is 3.93. The van der Waals surface area contributed by atoms with E-state index in [1.54, 1.807) is 0 Å². The monoisotopic (exact) mass is 400 g/mol. The van der Waals surface area contributed by atoms with Crippen molar-refractivity contribution in [3.05, 3.63) is 31.4 Å². The topological polar surface area (TPSA) is 0 Å². The molecule has 0 bridgehead atoms. The van der Waals surface area contributed by atoms with Gasteiger partial charge in [0.2, 0.25) is 0 Å². The molecule has 4 heteroatoms. The van der Waals surface area contributed by atoms with Gasteiger partial charge in [0.25, 0.3) is 0 Å². The molecule has 0 nitrogen and oxygen atoms in total. The summed E-state index contributed by atoms with van der Waals surface area (Å²) in [5.74, 6) is 0. The van der Waals surface area contributed by atoms with Crippen LogP contribution >= 0.6 is 17.8 Å². The summed E-state index contributed by atoms with van der Waals surface area (Å²) in [6.07, 6.45) is 0. The van der Waals surface area contributed by atoms with E-state index in [-0.39, 0.29) is 40.2 Å². The molecule has 0 saturated carbocycles. The minimum absolute atomic E-state index is 0.282. The molecule has 1 aromatic carbocycles. The van der Waals surface area contributed by atoms with Crippen LogP contribution in [0.4, 0.5) is 0 Å². The molecule has 0 N–H and O–H groups in total. The van der Waals surface area contributed by atoms with Gasteiger partial charge in [0.05, 0.1) is 0 Å². The van der Waals surface area contributed by atoms with E-state index in [4.69, 9.17) is 17.8 Å². The van der Waals surface area contributed by atoms with Crippen molar-refractivity contribution in [3.63, 3.8) is 0 Å². The third-order valence-electron chi connectivity index (χ3n) is 0.952. The average Bonchev–Trinajstić information content (AvgIpc) is 2.05. The third kappa shape index (κ3) is 2.71. The summed E-state index contributed by atoms with van der Waals surface area (Å²) in [7, 11) is 11.5. The van der Waals surface area contributed by atoms with Crippen molar-refractivity contribution < 1.29 is 40.2 Å². The third-order valence-corrected chi connectivity index (χ3v) is 5.45. The second-order valence-electron chi connectivity index (χ2n) is 1.58. The van der Waals surface area contributed by atoms with Crippen LogP contribution in [0.1, 0.15) is 0 Å². The minimum atomic E-state index is -0.282. The SMILES string of the molecule is Cl[I-]c1cccc([I-]Cl)c1.